The highest BCUT2D eigenvalue weighted by Crippen LogP contribution is 2.26. The molecule has 0 fully saturated rings. The fourth-order valence-corrected chi connectivity index (χ4v) is 2.24. The first kappa shape index (κ1) is 15.3. The molecule has 110 valence electrons. The van der Waals surface area contributed by atoms with E-state index in [9.17, 15) is 13.6 Å². The highest BCUT2D eigenvalue weighted by Gasteiger charge is 2.28. The van der Waals surface area contributed by atoms with E-state index in [1.807, 2.05) is 6.07 Å². The molecule has 0 aliphatic rings. The zero-order valence-corrected chi connectivity index (χ0v) is 11.9. The summed E-state index contributed by atoms with van der Waals surface area (Å²) in [4.78, 5) is 12.4. The van der Waals surface area contributed by atoms with Crippen molar-refractivity contribution in [3.05, 3.63) is 70.8 Å². The number of aryl methyl sites for hydroxylation is 1. The lowest BCUT2D eigenvalue weighted by Crippen LogP contribution is -2.27. The topological polar surface area (TPSA) is 43.1 Å². The molecule has 0 aromatic heterocycles. The Morgan fingerprint density at radius 2 is 1.71 bits per heavy atom. The van der Waals surface area contributed by atoms with Gasteiger partial charge in [0.25, 0.3) is 0 Å². The van der Waals surface area contributed by atoms with E-state index >= 15 is 0 Å². The van der Waals surface area contributed by atoms with Gasteiger partial charge in [-0.25, -0.2) is 8.78 Å². The number of hydrogen-bond acceptors (Lipinski definition) is 2. The Kier molecular flexibility index (Phi) is 4.48. The van der Waals surface area contributed by atoms with Gasteiger partial charge in [0.15, 0.2) is 5.78 Å². The van der Waals surface area contributed by atoms with E-state index in [0.717, 1.165) is 11.6 Å². The molecule has 0 radical (unpaired) electrons. The third-order valence-electron chi connectivity index (χ3n) is 3.67. The van der Waals surface area contributed by atoms with Crippen molar-refractivity contribution in [1.82, 2.24) is 0 Å². The summed E-state index contributed by atoms with van der Waals surface area (Å²) in [5.74, 6) is -3.01. The fraction of sp³-hybridized carbons (Fsp3) is 0.235. The number of rotatable bonds is 4. The van der Waals surface area contributed by atoms with Crippen molar-refractivity contribution in [2.75, 3.05) is 0 Å². The Morgan fingerprint density at radius 1 is 1.10 bits per heavy atom. The normalized spacial score (nSPS) is 13.8. The Morgan fingerprint density at radius 3 is 2.33 bits per heavy atom. The van der Waals surface area contributed by atoms with E-state index in [4.69, 9.17) is 5.73 Å². The molecular formula is C17H17F2NO. The van der Waals surface area contributed by atoms with Crippen LogP contribution in [0.1, 0.15) is 34.5 Å². The smallest absolute Gasteiger partial charge is 0.173 e. The Bertz CT molecular complexity index is 655. The van der Waals surface area contributed by atoms with Crippen LogP contribution in [0.3, 0.4) is 0 Å². The summed E-state index contributed by atoms with van der Waals surface area (Å²) in [6.45, 7) is 3.08. The predicted molar refractivity (Wildman–Crippen MR) is 78.0 cm³/mol. The van der Waals surface area contributed by atoms with Crippen LogP contribution in [0, 0.1) is 24.5 Å². The zero-order valence-electron chi connectivity index (χ0n) is 11.9. The average Bonchev–Trinajstić information content (AvgIpc) is 2.50. The van der Waals surface area contributed by atoms with Gasteiger partial charge in [0.2, 0.25) is 0 Å². The second-order valence-corrected chi connectivity index (χ2v) is 5.14. The average molecular weight is 289 g/mol. The number of nitrogens with two attached hydrogens (primary N) is 1. The molecule has 2 unspecified atom stereocenters. The number of benzene rings is 2. The molecule has 2 N–H and O–H groups in total. The molecule has 0 saturated heterocycles. The molecule has 2 nitrogen and oxygen atoms in total. The summed E-state index contributed by atoms with van der Waals surface area (Å²) in [5, 5.41) is 0. The standard InChI is InChI=1S/C17H17F2NO/c1-10-8-9-13(18)14(15(10)19)17(21)11(2)16(20)12-6-4-3-5-7-12/h3-9,11,16H,20H2,1-2H3. The molecule has 0 saturated carbocycles. The molecular weight excluding hydrogens is 272 g/mol. The predicted octanol–water partition coefficient (Wildman–Crippen LogP) is 3.79. The highest BCUT2D eigenvalue weighted by molar-refractivity contribution is 5.98. The molecule has 2 rings (SSSR count). The lowest BCUT2D eigenvalue weighted by Gasteiger charge is -2.20. The molecule has 0 amide bonds. The largest absolute Gasteiger partial charge is 0.323 e. The molecule has 4 heteroatoms. The molecule has 2 atom stereocenters. The third kappa shape index (κ3) is 3.00. The van der Waals surface area contributed by atoms with Gasteiger partial charge in [0, 0.05) is 12.0 Å². The van der Waals surface area contributed by atoms with Crippen LogP contribution < -0.4 is 5.73 Å². The summed E-state index contributed by atoms with van der Waals surface area (Å²) in [7, 11) is 0. The molecule has 2 aromatic carbocycles. The SMILES string of the molecule is Cc1ccc(F)c(C(=O)C(C)C(N)c2ccccc2)c1F. The number of ketones is 1. The summed E-state index contributed by atoms with van der Waals surface area (Å²) >= 11 is 0. The van der Waals surface area contributed by atoms with Gasteiger partial charge in [-0.3, -0.25) is 4.79 Å². The Labute approximate surface area is 122 Å². The molecule has 2 aromatic rings. The van der Waals surface area contributed by atoms with E-state index in [0.29, 0.717) is 0 Å². The van der Waals surface area contributed by atoms with Gasteiger partial charge in [-0.2, -0.15) is 0 Å². The second-order valence-electron chi connectivity index (χ2n) is 5.14. The minimum absolute atomic E-state index is 0.236. The third-order valence-corrected chi connectivity index (χ3v) is 3.67. The number of hydrogen-bond donors (Lipinski definition) is 1. The van der Waals surface area contributed by atoms with Crippen LogP contribution in [-0.4, -0.2) is 5.78 Å². The van der Waals surface area contributed by atoms with Gasteiger partial charge in [-0.15, -0.1) is 0 Å². The molecule has 0 aliphatic carbocycles. The zero-order chi connectivity index (χ0) is 15.6. The summed E-state index contributed by atoms with van der Waals surface area (Å²) in [6, 6.07) is 10.8. The van der Waals surface area contributed by atoms with Crippen LogP contribution in [0.15, 0.2) is 42.5 Å². The van der Waals surface area contributed by atoms with Gasteiger partial charge in [-0.05, 0) is 24.1 Å². The van der Waals surface area contributed by atoms with Crippen LogP contribution in [0.2, 0.25) is 0 Å². The first-order valence-electron chi connectivity index (χ1n) is 6.72. The summed E-state index contributed by atoms with van der Waals surface area (Å²) < 4.78 is 27.8. The maximum Gasteiger partial charge on any atom is 0.173 e. The van der Waals surface area contributed by atoms with E-state index in [1.54, 1.807) is 31.2 Å². The van der Waals surface area contributed by atoms with E-state index in [2.05, 4.69) is 0 Å². The van der Waals surface area contributed by atoms with Crippen molar-refractivity contribution in [1.29, 1.82) is 0 Å². The molecule has 0 heterocycles. The van der Waals surface area contributed by atoms with Crippen LogP contribution in [-0.2, 0) is 0 Å². The Hall–Kier alpha value is -2.07. The summed E-state index contributed by atoms with van der Waals surface area (Å²) in [6.07, 6.45) is 0. The van der Waals surface area contributed by atoms with E-state index in [1.165, 1.54) is 13.0 Å². The van der Waals surface area contributed by atoms with Crippen molar-refractivity contribution in [3.8, 4) is 0 Å². The summed E-state index contributed by atoms with van der Waals surface area (Å²) in [5.41, 5.74) is 6.54. The fourth-order valence-electron chi connectivity index (χ4n) is 2.24. The van der Waals surface area contributed by atoms with Gasteiger partial charge in [0.1, 0.15) is 11.6 Å². The number of carbonyl (C=O) groups is 1. The quantitative estimate of drug-likeness (QED) is 0.870. The highest BCUT2D eigenvalue weighted by atomic mass is 19.1. The Balaban J connectivity index is 2.34. The number of Topliss-reactive ketones (excluding diaryl/α,β-unsaturated/α-hetero) is 1. The molecule has 0 spiro atoms. The maximum absolute atomic E-state index is 14.0. The van der Waals surface area contributed by atoms with Crippen molar-refractivity contribution < 1.29 is 13.6 Å². The van der Waals surface area contributed by atoms with Crippen molar-refractivity contribution in [2.45, 2.75) is 19.9 Å². The van der Waals surface area contributed by atoms with E-state index in [-0.39, 0.29) is 5.56 Å². The van der Waals surface area contributed by atoms with Gasteiger partial charge in [-0.1, -0.05) is 43.3 Å². The minimum atomic E-state index is -0.852. The minimum Gasteiger partial charge on any atom is -0.323 e. The van der Waals surface area contributed by atoms with Crippen molar-refractivity contribution >= 4 is 5.78 Å². The number of carbonyl (C=O) groups excluding carboxylic acids is 1. The first-order valence-corrected chi connectivity index (χ1v) is 6.72. The van der Waals surface area contributed by atoms with Crippen LogP contribution >= 0.6 is 0 Å². The van der Waals surface area contributed by atoms with E-state index < -0.39 is 34.9 Å². The van der Waals surface area contributed by atoms with Gasteiger partial charge >= 0.3 is 0 Å². The van der Waals surface area contributed by atoms with Gasteiger partial charge < -0.3 is 5.73 Å². The van der Waals surface area contributed by atoms with Crippen LogP contribution in [0.25, 0.3) is 0 Å². The van der Waals surface area contributed by atoms with Crippen LogP contribution in [0.4, 0.5) is 8.78 Å². The maximum atomic E-state index is 14.0. The molecule has 0 aliphatic heterocycles. The van der Waals surface area contributed by atoms with Gasteiger partial charge in [0.05, 0.1) is 5.56 Å². The number of halogens is 2. The monoisotopic (exact) mass is 289 g/mol. The first-order chi connectivity index (χ1) is 9.93. The van der Waals surface area contributed by atoms with Crippen molar-refractivity contribution in [3.63, 3.8) is 0 Å². The molecule has 21 heavy (non-hydrogen) atoms. The lowest BCUT2D eigenvalue weighted by molar-refractivity contribution is 0.0904. The second kappa shape index (κ2) is 6.14. The van der Waals surface area contributed by atoms with Crippen LogP contribution in [0.5, 0.6) is 0 Å². The van der Waals surface area contributed by atoms with Crippen molar-refractivity contribution in [2.24, 2.45) is 11.7 Å². The lowest BCUT2D eigenvalue weighted by atomic mass is 9.88. The molecule has 0 bridgehead atoms.